The molecule has 0 aromatic heterocycles. The summed E-state index contributed by atoms with van der Waals surface area (Å²) in [7, 11) is 0. The number of hydrogen-bond donors (Lipinski definition) is 3. The molecule has 1 aliphatic carbocycles. The molecule has 162 valence electrons. The summed E-state index contributed by atoms with van der Waals surface area (Å²) in [6, 6.07) is 20.7. The molecule has 7 nitrogen and oxygen atoms in total. The molecular formula is C24H19IN2O5. The highest BCUT2D eigenvalue weighted by molar-refractivity contribution is 14.1. The summed E-state index contributed by atoms with van der Waals surface area (Å²) in [5, 5.41) is 14.2. The van der Waals surface area contributed by atoms with E-state index in [1.807, 2.05) is 59.0 Å². The van der Waals surface area contributed by atoms with Crippen LogP contribution in [-0.2, 0) is 9.53 Å². The van der Waals surface area contributed by atoms with Gasteiger partial charge in [-0.05, 0) is 63.0 Å². The number of fused-ring (bicyclic) bond motifs is 3. The summed E-state index contributed by atoms with van der Waals surface area (Å²) in [6.07, 6.45) is -0.719. The maximum absolute atomic E-state index is 12.2. The number of ether oxygens (including phenoxy) is 1. The number of carboxylic acids is 1. The van der Waals surface area contributed by atoms with Crippen molar-refractivity contribution in [1.29, 1.82) is 0 Å². The van der Waals surface area contributed by atoms with Crippen LogP contribution in [-0.4, -0.2) is 36.2 Å². The fraction of sp³-hybridized carbons (Fsp3) is 0.125. The van der Waals surface area contributed by atoms with Crippen LogP contribution < -0.4 is 10.6 Å². The Morgan fingerprint density at radius 2 is 1.56 bits per heavy atom. The number of benzene rings is 3. The number of anilines is 1. The van der Waals surface area contributed by atoms with Gasteiger partial charge in [0, 0.05) is 9.49 Å². The molecule has 0 heterocycles. The molecule has 0 spiro atoms. The molecule has 0 bridgehead atoms. The van der Waals surface area contributed by atoms with Crippen molar-refractivity contribution in [2.75, 3.05) is 18.5 Å². The largest absolute Gasteiger partial charge is 0.478 e. The Balaban J connectivity index is 1.34. The van der Waals surface area contributed by atoms with Crippen molar-refractivity contribution in [1.82, 2.24) is 5.32 Å². The highest BCUT2D eigenvalue weighted by Crippen LogP contribution is 2.44. The van der Waals surface area contributed by atoms with E-state index in [4.69, 9.17) is 4.74 Å². The summed E-state index contributed by atoms with van der Waals surface area (Å²) < 4.78 is 6.12. The van der Waals surface area contributed by atoms with Crippen molar-refractivity contribution in [2.24, 2.45) is 0 Å². The molecular weight excluding hydrogens is 523 g/mol. The monoisotopic (exact) mass is 542 g/mol. The first-order chi connectivity index (χ1) is 15.4. The number of carbonyl (C=O) groups is 3. The summed E-state index contributed by atoms with van der Waals surface area (Å²) >= 11 is 1.99. The van der Waals surface area contributed by atoms with Crippen molar-refractivity contribution in [3.8, 4) is 11.1 Å². The predicted octanol–water partition coefficient (Wildman–Crippen LogP) is 4.47. The number of amides is 2. The van der Waals surface area contributed by atoms with Crippen LogP contribution in [0.25, 0.3) is 11.1 Å². The summed E-state index contributed by atoms with van der Waals surface area (Å²) in [6.45, 7) is -0.205. The van der Waals surface area contributed by atoms with Crippen LogP contribution in [0.2, 0.25) is 0 Å². The third-order valence-corrected chi connectivity index (χ3v) is 5.89. The van der Waals surface area contributed by atoms with E-state index in [0.717, 1.165) is 25.8 Å². The number of nitrogens with one attached hydrogen (secondary N) is 2. The standard InChI is InChI=1S/C24H19IN2O5/c25-14-9-10-21(19(11-14)23(29)30)27-22(28)12-26-24(31)32-13-20-17-7-3-1-5-15(17)16-6-2-4-8-18(16)20/h1-11,20H,12-13H2,(H,26,31)(H,27,28)(H,29,30). The van der Waals surface area contributed by atoms with Gasteiger partial charge in [0.05, 0.1) is 11.3 Å². The van der Waals surface area contributed by atoms with Crippen molar-refractivity contribution < 1.29 is 24.2 Å². The molecule has 0 saturated carbocycles. The Hall–Kier alpha value is -3.40. The van der Waals surface area contributed by atoms with Crippen molar-refractivity contribution in [3.05, 3.63) is 87.0 Å². The number of carboxylic acid groups (broad SMARTS) is 1. The summed E-state index contributed by atoms with van der Waals surface area (Å²) in [5.41, 5.74) is 4.59. The van der Waals surface area contributed by atoms with E-state index in [9.17, 15) is 19.5 Å². The van der Waals surface area contributed by atoms with E-state index >= 15 is 0 Å². The quantitative estimate of drug-likeness (QED) is 0.399. The van der Waals surface area contributed by atoms with Gasteiger partial charge in [-0.1, -0.05) is 48.5 Å². The number of aromatic carboxylic acids is 1. The second-order valence-corrected chi connectivity index (χ2v) is 8.47. The Kier molecular flexibility index (Phi) is 6.40. The Bertz CT molecular complexity index is 1160. The predicted molar refractivity (Wildman–Crippen MR) is 128 cm³/mol. The van der Waals surface area contributed by atoms with Crippen LogP contribution in [0, 0.1) is 3.57 Å². The number of halogens is 1. The Morgan fingerprint density at radius 1 is 0.938 bits per heavy atom. The lowest BCUT2D eigenvalue weighted by molar-refractivity contribution is -0.115. The van der Waals surface area contributed by atoms with Gasteiger partial charge in [0.25, 0.3) is 0 Å². The van der Waals surface area contributed by atoms with Crippen LogP contribution in [0.15, 0.2) is 66.7 Å². The fourth-order valence-electron chi connectivity index (χ4n) is 3.80. The number of hydrogen-bond acceptors (Lipinski definition) is 4. The van der Waals surface area contributed by atoms with Crippen LogP contribution >= 0.6 is 22.6 Å². The molecule has 1 aliphatic rings. The minimum Gasteiger partial charge on any atom is -0.478 e. The Labute approximate surface area is 197 Å². The first-order valence-electron chi connectivity index (χ1n) is 9.85. The molecule has 0 fully saturated rings. The molecule has 0 unspecified atom stereocenters. The minimum absolute atomic E-state index is 0.0219. The lowest BCUT2D eigenvalue weighted by Crippen LogP contribution is -2.34. The lowest BCUT2D eigenvalue weighted by Gasteiger charge is -2.14. The van der Waals surface area contributed by atoms with Gasteiger partial charge in [0.2, 0.25) is 5.91 Å². The molecule has 0 aliphatic heterocycles. The van der Waals surface area contributed by atoms with E-state index in [1.165, 1.54) is 12.1 Å². The number of alkyl carbamates (subject to hydrolysis) is 1. The van der Waals surface area contributed by atoms with Gasteiger partial charge in [-0.2, -0.15) is 0 Å². The molecule has 8 heteroatoms. The van der Waals surface area contributed by atoms with E-state index < -0.39 is 18.0 Å². The van der Waals surface area contributed by atoms with Gasteiger partial charge >= 0.3 is 12.1 Å². The highest BCUT2D eigenvalue weighted by Gasteiger charge is 2.29. The molecule has 0 atom stereocenters. The smallest absolute Gasteiger partial charge is 0.407 e. The van der Waals surface area contributed by atoms with Gasteiger partial charge in [0.1, 0.15) is 13.2 Å². The maximum atomic E-state index is 12.2. The summed E-state index contributed by atoms with van der Waals surface area (Å²) in [5.74, 6) is -1.78. The second-order valence-electron chi connectivity index (χ2n) is 7.22. The Morgan fingerprint density at radius 3 is 2.19 bits per heavy atom. The minimum atomic E-state index is -1.15. The number of carbonyl (C=O) groups excluding carboxylic acids is 2. The van der Waals surface area contributed by atoms with Crippen LogP contribution in [0.3, 0.4) is 0 Å². The third-order valence-electron chi connectivity index (χ3n) is 5.22. The molecule has 32 heavy (non-hydrogen) atoms. The molecule has 0 radical (unpaired) electrons. The van der Waals surface area contributed by atoms with Crippen molar-refractivity contribution in [3.63, 3.8) is 0 Å². The zero-order valence-electron chi connectivity index (χ0n) is 16.8. The van der Waals surface area contributed by atoms with Crippen LogP contribution in [0.1, 0.15) is 27.4 Å². The van der Waals surface area contributed by atoms with Gasteiger partial charge in [-0.25, -0.2) is 9.59 Å². The molecule has 3 N–H and O–H groups in total. The van der Waals surface area contributed by atoms with Gasteiger partial charge in [0.15, 0.2) is 0 Å². The van der Waals surface area contributed by atoms with E-state index in [2.05, 4.69) is 22.8 Å². The van der Waals surface area contributed by atoms with Gasteiger partial charge in [-0.15, -0.1) is 0 Å². The molecule has 0 saturated heterocycles. The summed E-state index contributed by atoms with van der Waals surface area (Å²) in [4.78, 5) is 35.7. The average Bonchev–Trinajstić information content (AvgIpc) is 3.11. The molecule has 4 rings (SSSR count). The topological polar surface area (TPSA) is 105 Å². The molecule has 3 aromatic rings. The highest BCUT2D eigenvalue weighted by atomic mass is 127. The van der Waals surface area contributed by atoms with E-state index in [1.54, 1.807) is 6.07 Å². The SMILES string of the molecule is O=C(CNC(=O)OCC1c2ccccc2-c2ccccc21)Nc1ccc(I)cc1C(=O)O. The molecule has 3 aromatic carbocycles. The van der Waals surface area contributed by atoms with Gasteiger partial charge in [-0.3, -0.25) is 4.79 Å². The second kappa shape index (κ2) is 9.39. The first kappa shape index (κ1) is 21.8. The lowest BCUT2D eigenvalue weighted by atomic mass is 9.98. The van der Waals surface area contributed by atoms with E-state index in [0.29, 0.717) is 0 Å². The zero-order valence-corrected chi connectivity index (χ0v) is 19.0. The van der Waals surface area contributed by atoms with Crippen LogP contribution in [0.4, 0.5) is 10.5 Å². The first-order valence-corrected chi connectivity index (χ1v) is 10.9. The molecule has 2 amide bonds. The van der Waals surface area contributed by atoms with E-state index in [-0.39, 0.29) is 30.3 Å². The maximum Gasteiger partial charge on any atom is 0.407 e. The van der Waals surface area contributed by atoms with Gasteiger partial charge < -0.3 is 20.5 Å². The fourth-order valence-corrected chi connectivity index (χ4v) is 4.29. The number of rotatable bonds is 6. The van der Waals surface area contributed by atoms with Crippen LogP contribution in [0.5, 0.6) is 0 Å². The third kappa shape index (κ3) is 4.59. The average molecular weight is 542 g/mol. The van der Waals surface area contributed by atoms with Crippen molar-refractivity contribution >= 4 is 46.2 Å². The van der Waals surface area contributed by atoms with Crippen molar-refractivity contribution in [2.45, 2.75) is 5.92 Å². The zero-order chi connectivity index (χ0) is 22.7. The normalized spacial score (nSPS) is 11.9.